The van der Waals surface area contributed by atoms with E-state index < -0.39 is 0 Å². The SMILES string of the molecule is CC(C)(C)c1cc(CCCc2cc(C(C)(C)C)cc(C(C)(C)C)c2C(C)(C)C)cc(C(C)(C)C)c1. The molecule has 0 spiro atoms. The zero-order valence-electron chi connectivity index (χ0n) is 26.0. The van der Waals surface area contributed by atoms with Crippen molar-refractivity contribution in [3.05, 3.63) is 69.3 Å². The summed E-state index contributed by atoms with van der Waals surface area (Å²) < 4.78 is 0. The second-order valence-corrected chi connectivity index (χ2v) is 16.1. The van der Waals surface area contributed by atoms with Crippen LogP contribution in [0.25, 0.3) is 0 Å². The van der Waals surface area contributed by atoms with Crippen LogP contribution in [0.5, 0.6) is 0 Å². The van der Waals surface area contributed by atoms with Crippen molar-refractivity contribution in [3.8, 4) is 0 Å². The summed E-state index contributed by atoms with van der Waals surface area (Å²) in [7, 11) is 0. The van der Waals surface area contributed by atoms with E-state index in [1.165, 1.54) is 34.2 Å². The average Bonchev–Trinajstić information content (AvgIpc) is 2.63. The van der Waals surface area contributed by atoms with Crippen LogP contribution in [0.4, 0.5) is 0 Å². The monoisotopic (exact) mass is 476 g/mol. The summed E-state index contributed by atoms with van der Waals surface area (Å²) in [6, 6.07) is 12.4. The number of hydrogen-bond acceptors (Lipinski definition) is 0. The molecule has 196 valence electrons. The third-order valence-corrected chi connectivity index (χ3v) is 7.28. The molecule has 0 atom stereocenters. The Morgan fingerprint density at radius 3 is 1.23 bits per heavy atom. The highest BCUT2D eigenvalue weighted by Gasteiger charge is 2.30. The van der Waals surface area contributed by atoms with E-state index in [-0.39, 0.29) is 27.1 Å². The lowest BCUT2D eigenvalue weighted by molar-refractivity contribution is 0.516. The second kappa shape index (κ2) is 9.72. The van der Waals surface area contributed by atoms with Crippen LogP contribution in [0.1, 0.15) is 149 Å². The van der Waals surface area contributed by atoms with E-state index in [0.29, 0.717) is 0 Å². The van der Waals surface area contributed by atoms with Gasteiger partial charge >= 0.3 is 0 Å². The van der Waals surface area contributed by atoms with Crippen LogP contribution in [-0.2, 0) is 39.9 Å². The second-order valence-electron chi connectivity index (χ2n) is 16.1. The average molecular weight is 477 g/mol. The van der Waals surface area contributed by atoms with Gasteiger partial charge in [0, 0.05) is 0 Å². The molecular weight excluding hydrogens is 420 g/mol. The van der Waals surface area contributed by atoms with Crippen molar-refractivity contribution >= 4 is 0 Å². The molecule has 35 heavy (non-hydrogen) atoms. The summed E-state index contributed by atoms with van der Waals surface area (Å²) in [5.41, 5.74) is 11.2. The van der Waals surface area contributed by atoms with Gasteiger partial charge in [-0.25, -0.2) is 0 Å². The quantitative estimate of drug-likeness (QED) is 0.411. The van der Waals surface area contributed by atoms with Gasteiger partial charge in [-0.05, 0) is 85.3 Å². The minimum atomic E-state index is 0.125. The number of aryl methyl sites for hydroxylation is 2. The van der Waals surface area contributed by atoms with Crippen molar-refractivity contribution in [2.75, 3.05) is 0 Å². The van der Waals surface area contributed by atoms with E-state index in [1.807, 2.05) is 0 Å². The first-order valence-corrected chi connectivity index (χ1v) is 13.8. The zero-order chi connectivity index (χ0) is 27.2. The summed E-state index contributed by atoms with van der Waals surface area (Å²) in [6.45, 7) is 35.3. The molecule has 0 saturated heterocycles. The van der Waals surface area contributed by atoms with Crippen LogP contribution in [0, 0.1) is 0 Å². The Bertz CT molecular complexity index is 980. The molecule has 0 heteroatoms. The summed E-state index contributed by atoms with van der Waals surface area (Å²) in [6.07, 6.45) is 3.43. The molecule has 0 nitrogen and oxygen atoms in total. The van der Waals surface area contributed by atoms with Crippen molar-refractivity contribution in [1.82, 2.24) is 0 Å². The third kappa shape index (κ3) is 7.71. The van der Waals surface area contributed by atoms with Crippen molar-refractivity contribution in [1.29, 1.82) is 0 Å². The molecule has 0 bridgehead atoms. The Balaban J connectivity index is 2.52. The van der Waals surface area contributed by atoms with E-state index in [1.54, 1.807) is 11.1 Å². The minimum Gasteiger partial charge on any atom is -0.0561 e. The maximum atomic E-state index is 2.53. The topological polar surface area (TPSA) is 0 Å². The Hall–Kier alpha value is -1.56. The molecule has 2 rings (SSSR count). The lowest BCUT2D eigenvalue weighted by Crippen LogP contribution is -2.26. The standard InChI is InChI=1S/C35H56/c1-31(2,3)26-19-24(20-27(22-26)32(4,5)6)17-16-18-25-21-28(33(7,8)9)23-29(34(10,11)12)30(25)35(13,14)15/h19-23H,16-18H2,1-15H3. The first kappa shape index (κ1) is 29.7. The van der Waals surface area contributed by atoms with Gasteiger partial charge in [0.15, 0.2) is 0 Å². The van der Waals surface area contributed by atoms with Gasteiger partial charge in [-0.2, -0.15) is 0 Å². The fraction of sp³-hybridized carbons (Fsp3) is 0.657. The maximum absolute atomic E-state index is 2.53. The molecule has 0 amide bonds. The van der Waals surface area contributed by atoms with E-state index in [0.717, 1.165) is 12.8 Å². The molecule has 0 aliphatic heterocycles. The molecular formula is C35H56. The highest BCUT2D eigenvalue weighted by Crippen LogP contribution is 2.40. The first-order valence-electron chi connectivity index (χ1n) is 13.8. The van der Waals surface area contributed by atoms with Gasteiger partial charge in [0.1, 0.15) is 0 Å². The molecule has 0 saturated carbocycles. The molecule has 0 fully saturated rings. The molecule has 2 aromatic rings. The Labute approximate surface area is 219 Å². The Morgan fingerprint density at radius 2 is 0.857 bits per heavy atom. The Kier molecular flexibility index (Phi) is 8.24. The fourth-order valence-corrected chi connectivity index (χ4v) is 4.99. The molecule has 0 aliphatic rings. The molecule has 0 aromatic heterocycles. The van der Waals surface area contributed by atoms with Crippen molar-refractivity contribution in [2.24, 2.45) is 0 Å². The van der Waals surface area contributed by atoms with Crippen LogP contribution in [-0.4, -0.2) is 0 Å². The predicted molar refractivity (Wildman–Crippen MR) is 158 cm³/mol. The Morgan fingerprint density at radius 1 is 0.429 bits per heavy atom. The van der Waals surface area contributed by atoms with Crippen LogP contribution < -0.4 is 0 Å². The van der Waals surface area contributed by atoms with Crippen molar-refractivity contribution in [2.45, 2.75) is 150 Å². The van der Waals surface area contributed by atoms with Crippen LogP contribution in [0.2, 0.25) is 0 Å². The van der Waals surface area contributed by atoms with Crippen LogP contribution in [0.3, 0.4) is 0 Å². The fourth-order valence-electron chi connectivity index (χ4n) is 4.99. The van der Waals surface area contributed by atoms with Gasteiger partial charge in [-0.15, -0.1) is 0 Å². The van der Waals surface area contributed by atoms with Gasteiger partial charge in [0.2, 0.25) is 0 Å². The molecule has 2 aromatic carbocycles. The number of benzene rings is 2. The first-order chi connectivity index (χ1) is 15.5. The van der Waals surface area contributed by atoms with Crippen molar-refractivity contribution in [3.63, 3.8) is 0 Å². The normalized spacial score (nSPS) is 13.9. The van der Waals surface area contributed by atoms with Crippen LogP contribution in [0.15, 0.2) is 30.3 Å². The van der Waals surface area contributed by atoms with Crippen molar-refractivity contribution < 1.29 is 0 Å². The van der Waals surface area contributed by atoms with E-state index in [2.05, 4.69) is 134 Å². The van der Waals surface area contributed by atoms with Gasteiger partial charge in [0.05, 0.1) is 0 Å². The minimum absolute atomic E-state index is 0.125. The van der Waals surface area contributed by atoms with E-state index >= 15 is 0 Å². The number of rotatable bonds is 4. The summed E-state index contributed by atoms with van der Waals surface area (Å²) >= 11 is 0. The van der Waals surface area contributed by atoms with Gasteiger partial charge in [-0.1, -0.05) is 134 Å². The summed E-state index contributed by atoms with van der Waals surface area (Å²) in [4.78, 5) is 0. The summed E-state index contributed by atoms with van der Waals surface area (Å²) in [5.74, 6) is 0. The molecule has 0 aliphatic carbocycles. The molecule has 0 radical (unpaired) electrons. The predicted octanol–water partition coefficient (Wildman–Crippen LogP) is 10.3. The highest BCUT2D eigenvalue weighted by molar-refractivity contribution is 5.48. The smallest absolute Gasteiger partial charge is 0.0126 e. The van der Waals surface area contributed by atoms with Gasteiger partial charge < -0.3 is 0 Å². The zero-order valence-corrected chi connectivity index (χ0v) is 26.0. The van der Waals surface area contributed by atoms with E-state index in [4.69, 9.17) is 0 Å². The molecule has 0 unspecified atom stereocenters. The van der Waals surface area contributed by atoms with Crippen LogP contribution >= 0.6 is 0 Å². The highest BCUT2D eigenvalue weighted by atomic mass is 14.3. The molecule has 0 N–H and O–H groups in total. The summed E-state index contributed by atoms with van der Waals surface area (Å²) in [5, 5.41) is 0. The maximum Gasteiger partial charge on any atom is -0.0126 e. The lowest BCUT2D eigenvalue weighted by Gasteiger charge is -2.35. The molecule has 0 heterocycles. The third-order valence-electron chi connectivity index (χ3n) is 7.28. The largest absolute Gasteiger partial charge is 0.0561 e. The van der Waals surface area contributed by atoms with Gasteiger partial charge in [-0.3, -0.25) is 0 Å². The number of hydrogen-bond donors (Lipinski definition) is 0. The lowest BCUT2D eigenvalue weighted by atomic mass is 9.70. The van der Waals surface area contributed by atoms with Gasteiger partial charge in [0.25, 0.3) is 0 Å². The van der Waals surface area contributed by atoms with E-state index in [9.17, 15) is 0 Å².